The smallest absolute Gasteiger partial charge is 0.243 e. The highest BCUT2D eigenvalue weighted by atomic mass is 16.3. The SMILES string of the molecule is Cc1nc2ccc(C(C)(C)C(=O)NN)cc2o1. The molecule has 90 valence electrons. The Morgan fingerprint density at radius 2 is 2.18 bits per heavy atom. The van der Waals surface area contributed by atoms with Crippen LogP contribution in [0.1, 0.15) is 25.3 Å². The summed E-state index contributed by atoms with van der Waals surface area (Å²) in [6.45, 7) is 5.40. The van der Waals surface area contributed by atoms with E-state index in [1.54, 1.807) is 20.8 Å². The van der Waals surface area contributed by atoms with E-state index in [2.05, 4.69) is 10.4 Å². The van der Waals surface area contributed by atoms with E-state index < -0.39 is 5.41 Å². The van der Waals surface area contributed by atoms with Gasteiger partial charge in [-0.2, -0.15) is 0 Å². The van der Waals surface area contributed by atoms with Crippen LogP contribution in [0.4, 0.5) is 0 Å². The summed E-state index contributed by atoms with van der Waals surface area (Å²) < 4.78 is 5.44. The first kappa shape index (κ1) is 11.6. The van der Waals surface area contributed by atoms with Crippen molar-refractivity contribution in [2.24, 2.45) is 5.84 Å². The van der Waals surface area contributed by atoms with Gasteiger partial charge in [0.25, 0.3) is 0 Å². The van der Waals surface area contributed by atoms with Gasteiger partial charge in [0.05, 0.1) is 5.41 Å². The third-order valence-electron chi connectivity index (χ3n) is 2.92. The van der Waals surface area contributed by atoms with Crippen LogP contribution in [0.2, 0.25) is 0 Å². The van der Waals surface area contributed by atoms with Crippen molar-refractivity contribution >= 4 is 17.0 Å². The fourth-order valence-electron chi connectivity index (χ4n) is 1.74. The van der Waals surface area contributed by atoms with Crippen molar-refractivity contribution in [2.75, 3.05) is 0 Å². The van der Waals surface area contributed by atoms with E-state index in [0.717, 1.165) is 11.1 Å². The number of aryl methyl sites for hydroxylation is 1. The molecular formula is C12H15N3O2. The molecule has 0 aliphatic heterocycles. The molecule has 0 fully saturated rings. The maximum absolute atomic E-state index is 11.7. The van der Waals surface area contributed by atoms with Crippen LogP contribution in [0.25, 0.3) is 11.1 Å². The fourth-order valence-corrected chi connectivity index (χ4v) is 1.74. The number of aromatic nitrogens is 1. The van der Waals surface area contributed by atoms with Crippen LogP contribution in [-0.4, -0.2) is 10.9 Å². The zero-order valence-electron chi connectivity index (χ0n) is 10.1. The van der Waals surface area contributed by atoms with Gasteiger partial charge in [-0.15, -0.1) is 0 Å². The Labute approximate surface area is 99.0 Å². The molecule has 1 amide bonds. The maximum Gasteiger partial charge on any atom is 0.243 e. The summed E-state index contributed by atoms with van der Waals surface area (Å²) in [7, 11) is 0. The highest BCUT2D eigenvalue weighted by Crippen LogP contribution is 2.27. The number of rotatable bonds is 2. The van der Waals surface area contributed by atoms with Crippen molar-refractivity contribution in [3.8, 4) is 0 Å². The summed E-state index contributed by atoms with van der Waals surface area (Å²) in [5, 5.41) is 0. The molecule has 5 heteroatoms. The molecule has 17 heavy (non-hydrogen) atoms. The van der Waals surface area contributed by atoms with Gasteiger partial charge >= 0.3 is 0 Å². The van der Waals surface area contributed by atoms with E-state index in [1.165, 1.54) is 0 Å². The van der Waals surface area contributed by atoms with Crippen LogP contribution in [-0.2, 0) is 10.2 Å². The maximum atomic E-state index is 11.7. The van der Waals surface area contributed by atoms with Crippen molar-refractivity contribution in [3.63, 3.8) is 0 Å². The van der Waals surface area contributed by atoms with Crippen molar-refractivity contribution in [1.29, 1.82) is 0 Å². The third kappa shape index (κ3) is 1.89. The van der Waals surface area contributed by atoms with E-state index >= 15 is 0 Å². The number of hydrogen-bond donors (Lipinski definition) is 2. The lowest BCUT2D eigenvalue weighted by molar-refractivity contribution is -0.125. The first-order valence-corrected chi connectivity index (χ1v) is 5.34. The van der Waals surface area contributed by atoms with Crippen LogP contribution in [0.15, 0.2) is 22.6 Å². The lowest BCUT2D eigenvalue weighted by atomic mass is 9.84. The summed E-state index contributed by atoms with van der Waals surface area (Å²) in [6, 6.07) is 5.52. The molecule has 5 nitrogen and oxygen atoms in total. The molecular weight excluding hydrogens is 218 g/mol. The van der Waals surface area contributed by atoms with Crippen LogP contribution >= 0.6 is 0 Å². The van der Waals surface area contributed by atoms with Crippen LogP contribution in [0.5, 0.6) is 0 Å². The number of amides is 1. The van der Waals surface area contributed by atoms with Gasteiger partial charge in [-0.25, -0.2) is 10.8 Å². The largest absolute Gasteiger partial charge is 0.441 e. The van der Waals surface area contributed by atoms with Gasteiger partial charge in [-0.3, -0.25) is 10.2 Å². The van der Waals surface area contributed by atoms with Crippen molar-refractivity contribution < 1.29 is 9.21 Å². The van der Waals surface area contributed by atoms with Gasteiger partial charge in [0.15, 0.2) is 11.5 Å². The first-order valence-electron chi connectivity index (χ1n) is 5.34. The number of nitrogens with one attached hydrogen (secondary N) is 1. The zero-order valence-corrected chi connectivity index (χ0v) is 10.1. The molecule has 2 rings (SSSR count). The minimum atomic E-state index is -0.705. The van der Waals surface area contributed by atoms with E-state index in [4.69, 9.17) is 10.3 Å². The summed E-state index contributed by atoms with van der Waals surface area (Å²) in [5.74, 6) is 5.54. The van der Waals surface area contributed by atoms with Gasteiger partial charge in [0.2, 0.25) is 5.91 Å². The second-order valence-electron chi connectivity index (χ2n) is 4.51. The van der Waals surface area contributed by atoms with Gasteiger partial charge < -0.3 is 4.42 Å². The van der Waals surface area contributed by atoms with Crippen LogP contribution in [0.3, 0.4) is 0 Å². The summed E-state index contributed by atoms with van der Waals surface area (Å²) in [6.07, 6.45) is 0. The van der Waals surface area contributed by atoms with Gasteiger partial charge in [0, 0.05) is 6.92 Å². The van der Waals surface area contributed by atoms with Crippen molar-refractivity contribution in [3.05, 3.63) is 29.7 Å². The number of carbonyl (C=O) groups is 1. The van der Waals surface area contributed by atoms with Gasteiger partial charge in [0.1, 0.15) is 5.52 Å². The topological polar surface area (TPSA) is 81.2 Å². The van der Waals surface area contributed by atoms with Crippen molar-refractivity contribution in [1.82, 2.24) is 10.4 Å². The third-order valence-corrected chi connectivity index (χ3v) is 2.92. The summed E-state index contributed by atoms with van der Waals surface area (Å²) >= 11 is 0. The van der Waals surface area contributed by atoms with E-state index in [1.807, 2.05) is 18.2 Å². The number of oxazole rings is 1. The molecule has 1 aromatic heterocycles. The number of hydrazine groups is 1. The molecule has 0 unspecified atom stereocenters. The Kier molecular flexibility index (Phi) is 2.63. The summed E-state index contributed by atoms with van der Waals surface area (Å²) in [5.41, 5.74) is 3.77. The predicted molar refractivity (Wildman–Crippen MR) is 64.1 cm³/mol. The molecule has 0 bridgehead atoms. The number of benzene rings is 1. The first-order chi connectivity index (χ1) is 7.95. The second kappa shape index (κ2) is 3.85. The highest BCUT2D eigenvalue weighted by Gasteiger charge is 2.29. The van der Waals surface area contributed by atoms with Crippen LogP contribution < -0.4 is 11.3 Å². The van der Waals surface area contributed by atoms with Crippen LogP contribution in [0, 0.1) is 6.92 Å². The Bertz CT molecular complexity index is 572. The molecule has 0 saturated heterocycles. The lowest BCUT2D eigenvalue weighted by Gasteiger charge is -2.22. The minimum Gasteiger partial charge on any atom is -0.441 e. The van der Waals surface area contributed by atoms with E-state index in [9.17, 15) is 4.79 Å². The summed E-state index contributed by atoms with van der Waals surface area (Å²) in [4.78, 5) is 15.9. The molecule has 0 spiro atoms. The molecule has 0 saturated carbocycles. The Morgan fingerprint density at radius 1 is 1.47 bits per heavy atom. The molecule has 2 aromatic rings. The lowest BCUT2D eigenvalue weighted by Crippen LogP contribution is -2.43. The molecule has 0 aliphatic rings. The number of nitrogens with two attached hydrogens (primary N) is 1. The molecule has 0 atom stereocenters. The highest BCUT2D eigenvalue weighted by molar-refractivity contribution is 5.88. The molecule has 0 aliphatic carbocycles. The monoisotopic (exact) mass is 233 g/mol. The molecule has 1 aromatic carbocycles. The van der Waals surface area contributed by atoms with Gasteiger partial charge in [-0.05, 0) is 31.5 Å². The van der Waals surface area contributed by atoms with Gasteiger partial charge in [-0.1, -0.05) is 6.07 Å². The number of carbonyl (C=O) groups excluding carboxylic acids is 1. The van der Waals surface area contributed by atoms with E-state index in [0.29, 0.717) is 11.5 Å². The fraction of sp³-hybridized carbons (Fsp3) is 0.333. The molecule has 0 radical (unpaired) electrons. The quantitative estimate of drug-likeness (QED) is 0.467. The standard InChI is InChI=1S/C12H15N3O2/c1-7-14-9-5-4-8(6-10(9)17-7)12(2,3)11(16)15-13/h4-6H,13H2,1-3H3,(H,15,16). The number of hydrogen-bond acceptors (Lipinski definition) is 4. The number of fused-ring (bicyclic) bond motifs is 1. The average molecular weight is 233 g/mol. The normalized spacial score (nSPS) is 11.8. The average Bonchev–Trinajstić information content (AvgIpc) is 2.66. The van der Waals surface area contributed by atoms with E-state index in [-0.39, 0.29) is 5.91 Å². The molecule has 3 N–H and O–H groups in total. The Morgan fingerprint density at radius 3 is 2.82 bits per heavy atom. The molecule has 1 heterocycles. The minimum absolute atomic E-state index is 0.243. The Hall–Kier alpha value is -1.88. The zero-order chi connectivity index (χ0) is 12.6. The second-order valence-corrected chi connectivity index (χ2v) is 4.51. The Balaban J connectivity index is 2.52. The van der Waals surface area contributed by atoms with Crippen molar-refractivity contribution in [2.45, 2.75) is 26.2 Å². The number of nitrogens with zero attached hydrogens (tertiary/aromatic N) is 1. The predicted octanol–water partition coefficient (Wildman–Crippen LogP) is 1.40.